The molecule has 106 valence electrons. The van der Waals surface area contributed by atoms with Gasteiger partial charge in [-0.25, -0.2) is 4.98 Å². The van der Waals surface area contributed by atoms with Crippen molar-refractivity contribution in [1.82, 2.24) is 10.3 Å². The molecule has 1 heterocycles. The van der Waals surface area contributed by atoms with Crippen molar-refractivity contribution in [3.63, 3.8) is 0 Å². The van der Waals surface area contributed by atoms with Gasteiger partial charge in [-0.2, -0.15) is 0 Å². The van der Waals surface area contributed by atoms with Gasteiger partial charge in [0, 0.05) is 16.5 Å². The number of aryl methyl sites for hydroxylation is 2. The van der Waals surface area contributed by atoms with E-state index in [2.05, 4.69) is 26.2 Å². The summed E-state index contributed by atoms with van der Waals surface area (Å²) in [4.78, 5) is 16.5. The number of nitrogens with zero attached hydrogens (tertiary/aromatic N) is 1. The van der Waals surface area contributed by atoms with Gasteiger partial charge in [0.1, 0.15) is 6.26 Å². The lowest BCUT2D eigenvalue weighted by Gasteiger charge is -2.08. The van der Waals surface area contributed by atoms with Crippen LogP contribution in [0.4, 0.5) is 0 Å². The second-order valence-electron chi connectivity index (χ2n) is 4.42. The van der Waals surface area contributed by atoms with Crippen LogP contribution in [0, 0.1) is 0 Å². The summed E-state index contributed by atoms with van der Waals surface area (Å²) in [5.41, 5.74) is 2.46. The lowest BCUT2D eigenvalue weighted by molar-refractivity contribution is 0.0949. The first kappa shape index (κ1) is 14.8. The van der Waals surface area contributed by atoms with Gasteiger partial charge in [-0.15, -0.1) is 0 Å². The number of hydrogen-bond donors (Lipinski definition) is 1. The van der Waals surface area contributed by atoms with Crippen LogP contribution < -0.4 is 5.32 Å². The van der Waals surface area contributed by atoms with E-state index in [0.717, 1.165) is 28.6 Å². The van der Waals surface area contributed by atoms with Gasteiger partial charge in [0.15, 0.2) is 5.89 Å². The molecule has 4 nitrogen and oxygen atoms in total. The third-order valence-electron chi connectivity index (χ3n) is 3.03. The van der Waals surface area contributed by atoms with Crippen molar-refractivity contribution in [3.8, 4) is 0 Å². The number of aromatic nitrogens is 1. The highest BCUT2D eigenvalue weighted by atomic mass is 79.9. The number of carbonyl (C=O) groups is 1. The first-order valence-electron chi connectivity index (χ1n) is 6.64. The third-order valence-corrected chi connectivity index (χ3v) is 3.52. The molecule has 20 heavy (non-hydrogen) atoms. The quantitative estimate of drug-likeness (QED) is 0.909. The van der Waals surface area contributed by atoms with Crippen LogP contribution in [0.15, 0.2) is 33.4 Å². The van der Waals surface area contributed by atoms with Gasteiger partial charge in [-0.1, -0.05) is 35.8 Å². The van der Waals surface area contributed by atoms with Crippen molar-refractivity contribution in [1.29, 1.82) is 0 Å². The van der Waals surface area contributed by atoms with Crippen molar-refractivity contribution in [2.75, 3.05) is 0 Å². The van der Waals surface area contributed by atoms with E-state index in [4.69, 9.17) is 4.42 Å². The van der Waals surface area contributed by atoms with Gasteiger partial charge < -0.3 is 9.73 Å². The predicted octanol–water partition coefficient (Wildman–Crippen LogP) is 3.49. The lowest BCUT2D eigenvalue weighted by atomic mass is 10.0. The van der Waals surface area contributed by atoms with Crippen molar-refractivity contribution >= 4 is 21.8 Å². The summed E-state index contributed by atoms with van der Waals surface area (Å²) in [6, 6.07) is 5.75. The standard InChI is InChI=1S/C15H17BrN2O2/c1-3-10-5-6-11(16)7-13(10)15(19)17-8-12-9-20-14(4-2)18-12/h5-7,9H,3-4,8H2,1-2H3,(H,17,19). The number of benzene rings is 1. The molecule has 0 radical (unpaired) electrons. The molecule has 1 amide bonds. The minimum Gasteiger partial charge on any atom is -0.449 e. The Hall–Kier alpha value is -1.62. The van der Waals surface area contributed by atoms with Crippen molar-refractivity contribution in [2.24, 2.45) is 0 Å². The number of nitrogens with one attached hydrogen (secondary N) is 1. The predicted molar refractivity (Wildman–Crippen MR) is 80.6 cm³/mol. The van der Waals surface area contributed by atoms with Crippen LogP contribution in [0.5, 0.6) is 0 Å². The van der Waals surface area contributed by atoms with Gasteiger partial charge in [0.05, 0.1) is 12.2 Å². The van der Waals surface area contributed by atoms with Crippen LogP contribution in [0.25, 0.3) is 0 Å². The number of hydrogen-bond acceptors (Lipinski definition) is 3. The molecule has 0 unspecified atom stereocenters. The van der Waals surface area contributed by atoms with Gasteiger partial charge in [0.25, 0.3) is 5.91 Å². The van der Waals surface area contributed by atoms with E-state index >= 15 is 0 Å². The van der Waals surface area contributed by atoms with Gasteiger partial charge in [-0.3, -0.25) is 4.79 Å². The molecule has 0 spiro atoms. The zero-order valence-electron chi connectivity index (χ0n) is 11.6. The molecule has 0 saturated carbocycles. The van der Waals surface area contributed by atoms with Crippen LogP contribution in [0.2, 0.25) is 0 Å². The second kappa shape index (κ2) is 6.70. The molecular formula is C15H17BrN2O2. The second-order valence-corrected chi connectivity index (χ2v) is 5.34. The maximum atomic E-state index is 12.2. The van der Waals surface area contributed by atoms with E-state index in [1.54, 1.807) is 6.26 Å². The molecule has 2 aromatic rings. The van der Waals surface area contributed by atoms with E-state index in [1.165, 1.54) is 0 Å². The van der Waals surface area contributed by atoms with Crippen LogP contribution in [0.1, 0.15) is 41.4 Å². The Morgan fingerprint density at radius 3 is 2.80 bits per heavy atom. The average Bonchev–Trinajstić information content (AvgIpc) is 2.92. The third kappa shape index (κ3) is 3.48. The first-order valence-corrected chi connectivity index (χ1v) is 7.43. The number of amides is 1. The molecular weight excluding hydrogens is 320 g/mol. The largest absolute Gasteiger partial charge is 0.449 e. The normalized spacial score (nSPS) is 10.6. The minimum absolute atomic E-state index is 0.0933. The van der Waals surface area contributed by atoms with Crippen LogP contribution in [0.3, 0.4) is 0 Å². The summed E-state index contributed by atoms with van der Waals surface area (Å²) in [7, 11) is 0. The average molecular weight is 337 g/mol. The SMILES string of the molecule is CCc1nc(CNC(=O)c2cc(Br)ccc2CC)co1. The highest BCUT2D eigenvalue weighted by molar-refractivity contribution is 9.10. The molecule has 0 atom stereocenters. The Labute approximate surface area is 126 Å². The van der Waals surface area contributed by atoms with E-state index in [1.807, 2.05) is 32.0 Å². The molecule has 1 N–H and O–H groups in total. The maximum Gasteiger partial charge on any atom is 0.251 e. The van der Waals surface area contributed by atoms with E-state index in [9.17, 15) is 4.79 Å². The number of rotatable bonds is 5. The summed E-state index contributed by atoms with van der Waals surface area (Å²) in [6.45, 7) is 4.38. The van der Waals surface area contributed by atoms with Crippen LogP contribution >= 0.6 is 15.9 Å². The molecule has 0 fully saturated rings. The molecule has 0 aliphatic heterocycles. The highest BCUT2D eigenvalue weighted by Gasteiger charge is 2.11. The fourth-order valence-corrected chi connectivity index (χ4v) is 2.29. The summed E-state index contributed by atoms with van der Waals surface area (Å²) in [5, 5.41) is 2.87. The Morgan fingerprint density at radius 2 is 2.15 bits per heavy atom. The summed E-state index contributed by atoms with van der Waals surface area (Å²) in [6.07, 6.45) is 3.15. The molecule has 2 rings (SSSR count). The Kier molecular flexibility index (Phi) is 4.95. The van der Waals surface area contributed by atoms with Gasteiger partial charge in [0.2, 0.25) is 0 Å². The molecule has 0 aliphatic carbocycles. The van der Waals surface area contributed by atoms with Gasteiger partial charge in [-0.05, 0) is 24.1 Å². The molecule has 5 heteroatoms. The maximum absolute atomic E-state index is 12.2. The Balaban J connectivity index is 2.06. The number of carbonyl (C=O) groups excluding carboxylic acids is 1. The monoisotopic (exact) mass is 336 g/mol. The van der Waals surface area contributed by atoms with Crippen molar-refractivity contribution < 1.29 is 9.21 Å². The zero-order chi connectivity index (χ0) is 14.5. The van der Waals surface area contributed by atoms with Crippen molar-refractivity contribution in [2.45, 2.75) is 33.2 Å². The molecule has 1 aromatic carbocycles. The van der Waals surface area contributed by atoms with Crippen LogP contribution in [-0.2, 0) is 19.4 Å². The van der Waals surface area contributed by atoms with Crippen molar-refractivity contribution in [3.05, 3.63) is 51.6 Å². The minimum atomic E-state index is -0.0933. The van der Waals surface area contributed by atoms with E-state index in [0.29, 0.717) is 18.0 Å². The summed E-state index contributed by atoms with van der Waals surface area (Å²) < 4.78 is 6.14. The number of halogens is 1. The zero-order valence-corrected chi connectivity index (χ0v) is 13.2. The van der Waals surface area contributed by atoms with E-state index < -0.39 is 0 Å². The molecule has 0 bridgehead atoms. The topological polar surface area (TPSA) is 55.1 Å². The Morgan fingerprint density at radius 1 is 1.35 bits per heavy atom. The molecule has 1 aromatic heterocycles. The lowest BCUT2D eigenvalue weighted by Crippen LogP contribution is -2.24. The first-order chi connectivity index (χ1) is 9.63. The van der Waals surface area contributed by atoms with E-state index in [-0.39, 0.29) is 5.91 Å². The fourth-order valence-electron chi connectivity index (χ4n) is 1.93. The summed E-state index contributed by atoms with van der Waals surface area (Å²) >= 11 is 3.40. The molecule has 0 saturated heterocycles. The smallest absolute Gasteiger partial charge is 0.251 e. The molecule has 0 aliphatic rings. The summed E-state index contributed by atoms with van der Waals surface area (Å²) in [5.74, 6) is 0.593. The Bertz CT molecular complexity index is 608. The highest BCUT2D eigenvalue weighted by Crippen LogP contribution is 2.17. The van der Waals surface area contributed by atoms with Crippen LogP contribution in [-0.4, -0.2) is 10.9 Å². The number of oxazole rings is 1. The van der Waals surface area contributed by atoms with Gasteiger partial charge >= 0.3 is 0 Å². The fraction of sp³-hybridized carbons (Fsp3) is 0.333.